The molecule has 2 aromatic carbocycles. The molecule has 5 nitrogen and oxygen atoms in total. The maximum absolute atomic E-state index is 12.9. The van der Waals surface area contributed by atoms with E-state index in [1.807, 2.05) is 26.1 Å². The van der Waals surface area contributed by atoms with Crippen LogP contribution in [0.25, 0.3) is 0 Å². The number of hydrogen-bond donors (Lipinski definition) is 1. The van der Waals surface area contributed by atoms with E-state index in [1.54, 1.807) is 35.1 Å². The smallest absolute Gasteiger partial charge is 0.255 e. The van der Waals surface area contributed by atoms with Gasteiger partial charge in [-0.1, -0.05) is 12.1 Å². The molecule has 0 atom stereocenters. The van der Waals surface area contributed by atoms with E-state index in [-0.39, 0.29) is 11.7 Å². The van der Waals surface area contributed by atoms with E-state index in [0.29, 0.717) is 23.6 Å². The molecule has 0 spiro atoms. The van der Waals surface area contributed by atoms with Crippen molar-refractivity contribution in [2.75, 3.05) is 5.32 Å². The molecule has 0 radical (unpaired) electrons. The summed E-state index contributed by atoms with van der Waals surface area (Å²) in [6, 6.07) is 13.0. The Balaban J connectivity index is 1.60. The van der Waals surface area contributed by atoms with Gasteiger partial charge in [0.15, 0.2) is 0 Å². The van der Waals surface area contributed by atoms with E-state index in [4.69, 9.17) is 4.74 Å². The average Bonchev–Trinajstić information content (AvgIpc) is 2.94. The summed E-state index contributed by atoms with van der Waals surface area (Å²) in [7, 11) is 1.82. The number of amides is 1. The minimum atomic E-state index is -0.299. The van der Waals surface area contributed by atoms with Gasteiger partial charge in [-0.3, -0.25) is 9.48 Å². The molecule has 0 aliphatic carbocycles. The second-order valence-corrected chi connectivity index (χ2v) is 5.66. The first-order chi connectivity index (χ1) is 12.0. The predicted octanol–water partition coefficient (Wildman–Crippen LogP) is 3.70. The van der Waals surface area contributed by atoms with Gasteiger partial charge < -0.3 is 10.1 Å². The van der Waals surface area contributed by atoms with Gasteiger partial charge in [-0.15, -0.1) is 0 Å². The number of aromatic nitrogens is 2. The Morgan fingerprint density at radius 1 is 1.16 bits per heavy atom. The van der Waals surface area contributed by atoms with Crippen molar-refractivity contribution in [1.29, 1.82) is 0 Å². The number of nitrogens with zero attached hydrogens (tertiary/aromatic N) is 2. The van der Waals surface area contributed by atoms with Crippen LogP contribution in [0.5, 0.6) is 5.75 Å². The lowest BCUT2D eigenvalue weighted by Crippen LogP contribution is -2.12. The highest BCUT2D eigenvalue weighted by Crippen LogP contribution is 2.16. The second kappa shape index (κ2) is 7.17. The van der Waals surface area contributed by atoms with Crippen molar-refractivity contribution >= 4 is 11.6 Å². The van der Waals surface area contributed by atoms with Gasteiger partial charge in [-0.2, -0.15) is 5.10 Å². The van der Waals surface area contributed by atoms with Gasteiger partial charge in [-0.25, -0.2) is 4.39 Å². The third-order valence-electron chi connectivity index (χ3n) is 3.92. The van der Waals surface area contributed by atoms with Crippen molar-refractivity contribution in [3.8, 4) is 5.75 Å². The molecule has 0 saturated heterocycles. The van der Waals surface area contributed by atoms with Crippen LogP contribution < -0.4 is 10.1 Å². The number of ether oxygens (including phenoxy) is 1. The van der Waals surface area contributed by atoms with Crippen LogP contribution >= 0.6 is 0 Å². The van der Waals surface area contributed by atoms with Crippen molar-refractivity contribution in [2.24, 2.45) is 7.05 Å². The van der Waals surface area contributed by atoms with Gasteiger partial charge in [0.2, 0.25) is 0 Å². The molecule has 128 valence electrons. The van der Waals surface area contributed by atoms with Crippen LogP contribution in [-0.2, 0) is 13.7 Å². The first-order valence-electron chi connectivity index (χ1n) is 7.80. The van der Waals surface area contributed by atoms with E-state index < -0.39 is 0 Å². The SMILES string of the molecule is Cc1c(NC(=O)c2ccc(COc3ccc(F)cc3)cc2)cnn1C. The number of rotatable bonds is 5. The average molecular weight is 339 g/mol. The summed E-state index contributed by atoms with van der Waals surface area (Å²) in [5.74, 6) is 0.101. The summed E-state index contributed by atoms with van der Waals surface area (Å²) in [6.45, 7) is 2.23. The van der Waals surface area contributed by atoms with Crippen LogP contribution in [0, 0.1) is 12.7 Å². The van der Waals surface area contributed by atoms with Crippen LogP contribution in [0.2, 0.25) is 0 Å². The molecule has 6 heteroatoms. The Bertz CT molecular complexity index is 871. The summed E-state index contributed by atoms with van der Waals surface area (Å²) >= 11 is 0. The fourth-order valence-electron chi connectivity index (χ4n) is 2.27. The topological polar surface area (TPSA) is 56.1 Å². The molecular formula is C19H18FN3O2. The highest BCUT2D eigenvalue weighted by molar-refractivity contribution is 6.04. The summed E-state index contributed by atoms with van der Waals surface area (Å²) in [6.07, 6.45) is 1.62. The molecule has 1 N–H and O–H groups in total. The maximum Gasteiger partial charge on any atom is 0.255 e. The molecule has 0 saturated carbocycles. The van der Waals surface area contributed by atoms with Gasteiger partial charge in [0, 0.05) is 12.6 Å². The summed E-state index contributed by atoms with van der Waals surface area (Å²) in [5, 5.41) is 6.94. The van der Waals surface area contributed by atoms with Crippen LogP contribution in [0.4, 0.5) is 10.1 Å². The van der Waals surface area contributed by atoms with Gasteiger partial charge in [0.1, 0.15) is 18.2 Å². The van der Waals surface area contributed by atoms with E-state index in [2.05, 4.69) is 10.4 Å². The Kier molecular flexibility index (Phi) is 4.79. The van der Waals surface area contributed by atoms with Crippen molar-refractivity contribution in [3.63, 3.8) is 0 Å². The molecule has 3 rings (SSSR count). The quantitative estimate of drug-likeness (QED) is 0.771. The third-order valence-corrected chi connectivity index (χ3v) is 3.92. The van der Waals surface area contributed by atoms with Crippen molar-refractivity contribution < 1.29 is 13.9 Å². The molecule has 0 fully saturated rings. The molecule has 1 aromatic heterocycles. The minimum absolute atomic E-state index is 0.192. The minimum Gasteiger partial charge on any atom is -0.489 e. The zero-order chi connectivity index (χ0) is 17.8. The van der Waals surface area contributed by atoms with Gasteiger partial charge in [0.25, 0.3) is 5.91 Å². The molecule has 1 amide bonds. The number of carbonyl (C=O) groups is 1. The number of anilines is 1. The summed E-state index contributed by atoms with van der Waals surface area (Å²) in [5.41, 5.74) is 3.04. The number of carbonyl (C=O) groups excluding carboxylic acids is 1. The third kappa shape index (κ3) is 4.03. The van der Waals surface area contributed by atoms with Crippen molar-refractivity contribution in [3.05, 3.63) is 77.4 Å². The van der Waals surface area contributed by atoms with Gasteiger partial charge in [-0.05, 0) is 48.9 Å². The lowest BCUT2D eigenvalue weighted by atomic mass is 10.1. The Labute approximate surface area is 145 Å². The normalized spacial score (nSPS) is 10.5. The lowest BCUT2D eigenvalue weighted by molar-refractivity contribution is 0.102. The van der Waals surface area contributed by atoms with Crippen LogP contribution in [0.3, 0.4) is 0 Å². The molecule has 0 aliphatic heterocycles. The standard InChI is InChI=1S/C19H18FN3O2/c1-13-18(11-21-23(13)2)22-19(24)15-5-3-14(4-6-15)12-25-17-9-7-16(20)8-10-17/h3-11H,12H2,1-2H3,(H,22,24). The summed E-state index contributed by atoms with van der Waals surface area (Å²) < 4.78 is 20.1. The van der Waals surface area contributed by atoms with E-state index in [9.17, 15) is 9.18 Å². The second-order valence-electron chi connectivity index (χ2n) is 5.66. The Hall–Kier alpha value is -3.15. The van der Waals surface area contributed by atoms with E-state index in [1.165, 1.54) is 12.1 Å². The Morgan fingerprint density at radius 2 is 1.84 bits per heavy atom. The Morgan fingerprint density at radius 3 is 2.44 bits per heavy atom. The largest absolute Gasteiger partial charge is 0.489 e. The highest BCUT2D eigenvalue weighted by Gasteiger charge is 2.10. The van der Waals surface area contributed by atoms with Crippen LogP contribution in [0.15, 0.2) is 54.7 Å². The van der Waals surface area contributed by atoms with Crippen LogP contribution in [-0.4, -0.2) is 15.7 Å². The molecule has 1 heterocycles. The fourth-order valence-corrected chi connectivity index (χ4v) is 2.27. The van der Waals surface area contributed by atoms with Crippen LogP contribution in [0.1, 0.15) is 21.6 Å². The zero-order valence-electron chi connectivity index (χ0n) is 14.0. The first kappa shape index (κ1) is 16.7. The molecule has 0 bridgehead atoms. The lowest BCUT2D eigenvalue weighted by Gasteiger charge is -2.08. The van der Waals surface area contributed by atoms with Gasteiger partial charge in [0.05, 0.1) is 17.6 Å². The highest BCUT2D eigenvalue weighted by atomic mass is 19.1. The predicted molar refractivity (Wildman–Crippen MR) is 93.1 cm³/mol. The molecule has 0 aliphatic rings. The first-order valence-corrected chi connectivity index (χ1v) is 7.80. The van der Waals surface area contributed by atoms with E-state index >= 15 is 0 Å². The monoisotopic (exact) mass is 339 g/mol. The zero-order valence-corrected chi connectivity index (χ0v) is 14.0. The molecular weight excluding hydrogens is 321 g/mol. The number of halogens is 1. The van der Waals surface area contributed by atoms with Crippen molar-refractivity contribution in [2.45, 2.75) is 13.5 Å². The van der Waals surface area contributed by atoms with Crippen molar-refractivity contribution in [1.82, 2.24) is 9.78 Å². The molecule has 25 heavy (non-hydrogen) atoms. The maximum atomic E-state index is 12.9. The number of hydrogen-bond acceptors (Lipinski definition) is 3. The summed E-state index contributed by atoms with van der Waals surface area (Å²) in [4.78, 5) is 12.3. The fraction of sp³-hybridized carbons (Fsp3) is 0.158. The van der Waals surface area contributed by atoms with Gasteiger partial charge >= 0.3 is 0 Å². The number of aryl methyl sites for hydroxylation is 1. The number of benzene rings is 2. The number of nitrogens with one attached hydrogen (secondary N) is 1. The molecule has 3 aromatic rings. The molecule has 0 unspecified atom stereocenters. The van der Waals surface area contributed by atoms with E-state index in [0.717, 1.165) is 11.3 Å².